The summed E-state index contributed by atoms with van der Waals surface area (Å²) in [7, 11) is 0. The van der Waals surface area contributed by atoms with Gasteiger partial charge in [-0.05, 0) is 0 Å². The molecule has 0 amide bonds. The van der Waals surface area contributed by atoms with Gasteiger partial charge in [0.25, 0.3) is 0 Å². The molecule has 70 valence electrons. The molecule has 1 fully saturated rings. The number of piperidine rings is 1. The van der Waals surface area contributed by atoms with Gasteiger partial charge in [-0.25, -0.2) is 0 Å². The van der Waals surface area contributed by atoms with Crippen LogP contribution in [0.2, 0.25) is 0 Å². The standard InChI is InChI=1S/C9H13N3O/c13-8-2-6-12(7-3-8)9-10-4-1-5-11-9/h4-5,9H,1-3,6-7H2. The Morgan fingerprint density at radius 1 is 1.23 bits per heavy atom. The van der Waals surface area contributed by atoms with Crippen LogP contribution < -0.4 is 0 Å². The molecular weight excluding hydrogens is 166 g/mol. The lowest BCUT2D eigenvalue weighted by Crippen LogP contribution is -2.40. The van der Waals surface area contributed by atoms with E-state index in [0.29, 0.717) is 18.6 Å². The Morgan fingerprint density at radius 3 is 2.46 bits per heavy atom. The second-order valence-electron chi connectivity index (χ2n) is 3.32. The molecule has 0 saturated carbocycles. The van der Waals surface area contributed by atoms with Gasteiger partial charge in [-0.3, -0.25) is 19.7 Å². The normalized spacial score (nSPS) is 25.4. The van der Waals surface area contributed by atoms with E-state index >= 15 is 0 Å². The lowest BCUT2D eigenvalue weighted by atomic mass is 10.1. The van der Waals surface area contributed by atoms with Crippen LogP contribution in [0.1, 0.15) is 19.3 Å². The van der Waals surface area contributed by atoms with Crippen LogP contribution in [0, 0.1) is 0 Å². The van der Waals surface area contributed by atoms with Gasteiger partial charge >= 0.3 is 0 Å². The van der Waals surface area contributed by atoms with Gasteiger partial charge in [0.05, 0.1) is 0 Å². The van der Waals surface area contributed by atoms with Gasteiger partial charge in [-0.15, -0.1) is 0 Å². The number of hydrogen-bond donors (Lipinski definition) is 0. The highest BCUT2D eigenvalue weighted by Crippen LogP contribution is 2.12. The Hall–Kier alpha value is -1.03. The monoisotopic (exact) mass is 179 g/mol. The second-order valence-corrected chi connectivity index (χ2v) is 3.32. The van der Waals surface area contributed by atoms with E-state index in [2.05, 4.69) is 14.9 Å². The first kappa shape index (κ1) is 8.56. The molecule has 2 heterocycles. The molecule has 0 spiro atoms. The molecule has 0 atom stereocenters. The fourth-order valence-electron chi connectivity index (χ4n) is 1.59. The molecule has 0 aromatic carbocycles. The van der Waals surface area contributed by atoms with Gasteiger partial charge in [0.15, 0.2) is 6.29 Å². The Labute approximate surface area is 77.4 Å². The Kier molecular flexibility index (Phi) is 2.49. The van der Waals surface area contributed by atoms with E-state index < -0.39 is 0 Å². The predicted octanol–water partition coefficient (Wildman–Crippen LogP) is 0.480. The molecule has 0 aromatic heterocycles. The summed E-state index contributed by atoms with van der Waals surface area (Å²) in [4.78, 5) is 21.7. The molecular formula is C9H13N3O. The first-order valence-corrected chi connectivity index (χ1v) is 4.65. The number of nitrogens with zero attached hydrogens (tertiary/aromatic N) is 3. The Balaban J connectivity index is 1.93. The van der Waals surface area contributed by atoms with Gasteiger partial charge in [-0.2, -0.15) is 0 Å². The topological polar surface area (TPSA) is 45.0 Å². The van der Waals surface area contributed by atoms with Crippen LogP contribution in [0.3, 0.4) is 0 Å². The fraction of sp³-hybridized carbons (Fsp3) is 0.667. The van der Waals surface area contributed by atoms with Crippen LogP contribution in [-0.4, -0.2) is 42.5 Å². The number of carbonyl (C=O) groups excluding carboxylic acids is 1. The quantitative estimate of drug-likeness (QED) is 0.587. The third-order valence-electron chi connectivity index (χ3n) is 2.37. The molecule has 2 aliphatic rings. The summed E-state index contributed by atoms with van der Waals surface area (Å²) in [5.41, 5.74) is 0. The molecule has 2 rings (SSSR count). The number of aliphatic imine (C=N–C) groups is 2. The van der Waals surface area contributed by atoms with Crippen molar-refractivity contribution in [1.29, 1.82) is 0 Å². The summed E-state index contributed by atoms with van der Waals surface area (Å²) in [5, 5.41) is 0. The van der Waals surface area contributed by atoms with Crippen molar-refractivity contribution < 1.29 is 4.79 Å². The maximum absolute atomic E-state index is 11.0. The van der Waals surface area contributed by atoms with Crippen LogP contribution in [-0.2, 0) is 4.79 Å². The van der Waals surface area contributed by atoms with Crippen molar-refractivity contribution in [3.63, 3.8) is 0 Å². The van der Waals surface area contributed by atoms with Crippen molar-refractivity contribution in [1.82, 2.24) is 4.90 Å². The number of Topliss-reactive ketones (excluding diaryl/α,β-unsaturated/α-hetero) is 1. The summed E-state index contributed by atoms with van der Waals surface area (Å²) >= 11 is 0. The minimum atomic E-state index is -0.0538. The van der Waals surface area contributed by atoms with E-state index in [1.54, 1.807) is 0 Å². The summed E-state index contributed by atoms with van der Waals surface area (Å²) in [6.07, 6.45) is 5.86. The van der Waals surface area contributed by atoms with Crippen molar-refractivity contribution in [2.24, 2.45) is 9.98 Å². The minimum Gasteiger partial charge on any atom is -0.300 e. The van der Waals surface area contributed by atoms with Crippen molar-refractivity contribution in [3.05, 3.63) is 0 Å². The smallest absolute Gasteiger partial charge is 0.195 e. The highest BCUT2D eigenvalue weighted by atomic mass is 16.1. The van der Waals surface area contributed by atoms with Crippen LogP contribution in [0.4, 0.5) is 0 Å². The van der Waals surface area contributed by atoms with Gasteiger partial charge in [0.1, 0.15) is 5.78 Å². The molecule has 2 aliphatic heterocycles. The number of hydrogen-bond acceptors (Lipinski definition) is 4. The van der Waals surface area contributed by atoms with E-state index in [1.807, 2.05) is 12.4 Å². The van der Waals surface area contributed by atoms with E-state index in [0.717, 1.165) is 19.5 Å². The van der Waals surface area contributed by atoms with Crippen molar-refractivity contribution >= 4 is 18.2 Å². The van der Waals surface area contributed by atoms with E-state index in [9.17, 15) is 4.79 Å². The van der Waals surface area contributed by atoms with Crippen LogP contribution in [0.15, 0.2) is 9.98 Å². The maximum atomic E-state index is 11.0. The summed E-state index contributed by atoms with van der Waals surface area (Å²) < 4.78 is 0. The maximum Gasteiger partial charge on any atom is 0.195 e. The van der Waals surface area contributed by atoms with E-state index in [-0.39, 0.29) is 6.29 Å². The molecule has 0 radical (unpaired) electrons. The summed E-state index contributed by atoms with van der Waals surface area (Å²) in [6.45, 7) is 1.61. The molecule has 0 bridgehead atoms. The number of rotatable bonds is 1. The Bertz CT molecular complexity index is 238. The highest BCUT2D eigenvalue weighted by molar-refractivity contribution is 5.81. The van der Waals surface area contributed by atoms with Gasteiger partial charge in [-0.1, -0.05) is 0 Å². The van der Waals surface area contributed by atoms with E-state index in [4.69, 9.17) is 0 Å². The van der Waals surface area contributed by atoms with Gasteiger partial charge in [0, 0.05) is 44.8 Å². The second kappa shape index (κ2) is 3.79. The number of carbonyl (C=O) groups is 1. The molecule has 0 aliphatic carbocycles. The van der Waals surface area contributed by atoms with E-state index in [1.165, 1.54) is 0 Å². The van der Waals surface area contributed by atoms with Crippen LogP contribution >= 0.6 is 0 Å². The third kappa shape index (κ3) is 2.01. The van der Waals surface area contributed by atoms with Crippen LogP contribution in [0.5, 0.6) is 0 Å². The fourth-order valence-corrected chi connectivity index (χ4v) is 1.59. The zero-order chi connectivity index (χ0) is 9.10. The lowest BCUT2D eigenvalue weighted by molar-refractivity contribution is -0.121. The molecule has 0 aromatic rings. The van der Waals surface area contributed by atoms with Gasteiger partial charge in [0.2, 0.25) is 0 Å². The molecule has 4 heteroatoms. The SMILES string of the molecule is O=C1CCN(C2N=CCC=N2)CC1. The molecule has 0 N–H and O–H groups in total. The van der Waals surface area contributed by atoms with Crippen molar-refractivity contribution in [2.75, 3.05) is 13.1 Å². The number of ketones is 1. The first-order chi connectivity index (χ1) is 6.36. The summed E-state index contributed by atoms with van der Waals surface area (Å²) in [6, 6.07) is 0. The number of likely N-dealkylation sites (tertiary alicyclic amines) is 1. The lowest BCUT2D eigenvalue weighted by Gasteiger charge is -2.29. The Morgan fingerprint density at radius 2 is 1.85 bits per heavy atom. The highest BCUT2D eigenvalue weighted by Gasteiger charge is 2.22. The minimum absolute atomic E-state index is 0.0538. The molecule has 0 unspecified atom stereocenters. The third-order valence-corrected chi connectivity index (χ3v) is 2.37. The molecule has 4 nitrogen and oxygen atoms in total. The zero-order valence-electron chi connectivity index (χ0n) is 7.52. The van der Waals surface area contributed by atoms with Crippen molar-refractivity contribution in [3.8, 4) is 0 Å². The largest absolute Gasteiger partial charge is 0.300 e. The molecule has 1 saturated heterocycles. The predicted molar refractivity (Wildman–Crippen MR) is 51.2 cm³/mol. The molecule has 13 heavy (non-hydrogen) atoms. The van der Waals surface area contributed by atoms with Gasteiger partial charge < -0.3 is 0 Å². The average Bonchev–Trinajstić information content (AvgIpc) is 2.20. The first-order valence-electron chi connectivity index (χ1n) is 4.65. The summed E-state index contributed by atoms with van der Waals surface area (Å²) in [5.74, 6) is 0.361. The zero-order valence-corrected chi connectivity index (χ0v) is 7.52. The average molecular weight is 179 g/mol. The van der Waals surface area contributed by atoms with Crippen molar-refractivity contribution in [2.45, 2.75) is 25.6 Å². The van der Waals surface area contributed by atoms with Crippen LogP contribution in [0.25, 0.3) is 0 Å².